The second-order valence-corrected chi connectivity index (χ2v) is 10.1. The topological polar surface area (TPSA) is 75.4 Å². The molecule has 2 aromatic carbocycles. The monoisotopic (exact) mass is 437 g/mol. The Bertz CT molecular complexity index is 907. The molecule has 32 heavy (non-hydrogen) atoms. The number of amides is 2. The predicted molar refractivity (Wildman–Crippen MR) is 132 cm³/mol. The van der Waals surface area contributed by atoms with Crippen LogP contribution in [0.4, 0.5) is 0 Å². The largest absolute Gasteiger partial charge is 0.366 e. The fourth-order valence-electron chi connectivity index (χ4n) is 4.23. The molecule has 0 aliphatic rings. The van der Waals surface area contributed by atoms with Crippen LogP contribution in [0.3, 0.4) is 0 Å². The number of rotatable bonds is 9. The fraction of sp³-hybridized carbons (Fsp3) is 0.481. The number of nitrogens with one attached hydrogen (secondary N) is 1. The van der Waals surface area contributed by atoms with Crippen molar-refractivity contribution in [2.75, 3.05) is 20.6 Å². The molecule has 174 valence electrons. The van der Waals surface area contributed by atoms with Gasteiger partial charge >= 0.3 is 0 Å². The maximum atomic E-state index is 12.9. The van der Waals surface area contributed by atoms with Crippen LogP contribution in [-0.4, -0.2) is 43.4 Å². The summed E-state index contributed by atoms with van der Waals surface area (Å²) in [6.07, 6.45) is 1.24. The van der Waals surface area contributed by atoms with Gasteiger partial charge in [0, 0.05) is 24.6 Å². The maximum Gasteiger partial charge on any atom is 0.248 e. The Labute approximate surface area is 193 Å². The minimum atomic E-state index is -0.411. The van der Waals surface area contributed by atoms with E-state index in [1.165, 1.54) is 11.1 Å². The van der Waals surface area contributed by atoms with E-state index in [1.54, 1.807) is 0 Å². The second-order valence-electron chi connectivity index (χ2n) is 10.1. The Morgan fingerprint density at radius 2 is 1.59 bits per heavy atom. The number of likely N-dealkylation sites (N-methyl/N-ethyl adjacent to an activating group) is 1. The second kappa shape index (κ2) is 10.8. The molecule has 2 amide bonds. The molecule has 0 heterocycles. The minimum Gasteiger partial charge on any atom is -0.366 e. The predicted octanol–water partition coefficient (Wildman–Crippen LogP) is 4.21. The third-order valence-corrected chi connectivity index (χ3v) is 6.32. The van der Waals surface area contributed by atoms with Crippen LogP contribution in [0.1, 0.15) is 65.7 Å². The molecule has 0 saturated heterocycles. The summed E-state index contributed by atoms with van der Waals surface area (Å²) in [5, 5.41) is 3.17. The van der Waals surface area contributed by atoms with Crippen LogP contribution < -0.4 is 11.1 Å². The number of hydrogen-bond acceptors (Lipinski definition) is 3. The summed E-state index contributed by atoms with van der Waals surface area (Å²) in [6, 6.07) is 14.1. The van der Waals surface area contributed by atoms with Crippen molar-refractivity contribution in [1.29, 1.82) is 0 Å². The van der Waals surface area contributed by atoms with Gasteiger partial charge < -0.3 is 16.0 Å². The van der Waals surface area contributed by atoms with Crippen molar-refractivity contribution < 1.29 is 9.59 Å². The average Bonchev–Trinajstić information content (AvgIpc) is 2.70. The number of carbonyl (C=O) groups excluding carboxylic acids is 2. The number of nitrogens with zero attached hydrogens (tertiary/aromatic N) is 1. The standard InChI is InChI=1S/C27H39N3O2/c1-18-13-21(26(28)32)14-19(2)23(18)15-22(30(6)7)17-29-25(31)16-24(27(3,4)5)20-11-9-8-10-12-20/h8-14,22,24H,15-17H2,1-7H3,(H2,28,32)(H,29,31). The van der Waals surface area contributed by atoms with Crippen LogP contribution in [0.2, 0.25) is 0 Å². The highest BCUT2D eigenvalue weighted by Crippen LogP contribution is 2.37. The van der Waals surface area contributed by atoms with Crippen LogP contribution in [0.5, 0.6) is 0 Å². The van der Waals surface area contributed by atoms with E-state index < -0.39 is 5.91 Å². The van der Waals surface area contributed by atoms with E-state index in [2.05, 4.69) is 43.1 Å². The molecule has 0 aromatic heterocycles. The molecule has 2 unspecified atom stereocenters. The van der Waals surface area contributed by atoms with Gasteiger partial charge in [-0.3, -0.25) is 9.59 Å². The Balaban J connectivity index is 2.09. The summed E-state index contributed by atoms with van der Waals surface area (Å²) in [5.41, 5.74) is 10.5. The van der Waals surface area contributed by atoms with Gasteiger partial charge in [0.15, 0.2) is 0 Å². The zero-order valence-electron chi connectivity index (χ0n) is 20.7. The van der Waals surface area contributed by atoms with Crippen molar-refractivity contribution in [3.8, 4) is 0 Å². The number of aryl methyl sites for hydroxylation is 2. The summed E-state index contributed by atoms with van der Waals surface area (Å²) in [7, 11) is 4.06. The first-order valence-corrected chi connectivity index (χ1v) is 11.3. The van der Waals surface area contributed by atoms with E-state index in [0.29, 0.717) is 18.5 Å². The van der Waals surface area contributed by atoms with E-state index in [0.717, 1.165) is 17.5 Å². The highest BCUT2D eigenvalue weighted by molar-refractivity contribution is 5.93. The lowest BCUT2D eigenvalue weighted by Crippen LogP contribution is -2.42. The molecule has 0 fully saturated rings. The van der Waals surface area contributed by atoms with Gasteiger partial charge in [0.1, 0.15) is 0 Å². The lowest BCUT2D eigenvalue weighted by Gasteiger charge is -2.31. The SMILES string of the molecule is Cc1cc(C(N)=O)cc(C)c1CC(CNC(=O)CC(c1ccccc1)C(C)(C)C)N(C)C. The molecule has 2 atom stereocenters. The number of carbonyl (C=O) groups is 2. The fourth-order valence-corrected chi connectivity index (χ4v) is 4.23. The molecular weight excluding hydrogens is 398 g/mol. The van der Waals surface area contributed by atoms with Gasteiger partial charge in [-0.25, -0.2) is 0 Å². The molecule has 5 heteroatoms. The van der Waals surface area contributed by atoms with Crippen molar-refractivity contribution in [3.05, 3.63) is 70.3 Å². The smallest absolute Gasteiger partial charge is 0.248 e. The summed E-state index contributed by atoms with van der Waals surface area (Å²) in [6.45, 7) is 11.1. The molecule has 3 N–H and O–H groups in total. The maximum absolute atomic E-state index is 12.9. The van der Waals surface area contributed by atoms with Gasteiger partial charge in [-0.1, -0.05) is 51.1 Å². The normalized spacial score (nSPS) is 13.6. The highest BCUT2D eigenvalue weighted by Gasteiger charge is 2.28. The van der Waals surface area contributed by atoms with Crippen molar-refractivity contribution in [2.24, 2.45) is 11.1 Å². The molecule has 0 aliphatic carbocycles. The van der Waals surface area contributed by atoms with Crippen LogP contribution in [-0.2, 0) is 11.2 Å². The zero-order valence-corrected chi connectivity index (χ0v) is 20.7. The quantitative estimate of drug-likeness (QED) is 0.617. The number of nitrogens with two attached hydrogens (primary N) is 1. The lowest BCUT2D eigenvalue weighted by atomic mass is 9.74. The van der Waals surface area contributed by atoms with Gasteiger partial charge in [0.05, 0.1) is 0 Å². The van der Waals surface area contributed by atoms with E-state index in [-0.39, 0.29) is 23.3 Å². The summed E-state index contributed by atoms with van der Waals surface area (Å²) in [5.74, 6) is -0.198. The number of hydrogen-bond donors (Lipinski definition) is 2. The van der Waals surface area contributed by atoms with Crippen LogP contribution in [0.25, 0.3) is 0 Å². The number of primary amides is 1. The third kappa shape index (κ3) is 6.92. The van der Waals surface area contributed by atoms with E-state index in [4.69, 9.17) is 5.73 Å². The van der Waals surface area contributed by atoms with Crippen molar-refractivity contribution in [3.63, 3.8) is 0 Å². The molecule has 5 nitrogen and oxygen atoms in total. The molecule has 0 aliphatic heterocycles. The van der Waals surface area contributed by atoms with Crippen LogP contribution >= 0.6 is 0 Å². The molecule has 2 aromatic rings. The highest BCUT2D eigenvalue weighted by atomic mass is 16.1. The molecule has 0 spiro atoms. The molecule has 0 radical (unpaired) electrons. The van der Waals surface area contributed by atoms with Crippen LogP contribution in [0, 0.1) is 19.3 Å². The zero-order chi connectivity index (χ0) is 24.1. The average molecular weight is 438 g/mol. The first-order chi connectivity index (χ1) is 14.9. The molecule has 2 rings (SSSR count). The molecule has 0 bridgehead atoms. The van der Waals surface area contributed by atoms with Gasteiger partial charge in [-0.15, -0.1) is 0 Å². The number of benzene rings is 2. The van der Waals surface area contributed by atoms with Crippen molar-refractivity contribution in [2.45, 2.75) is 59.4 Å². The Morgan fingerprint density at radius 1 is 1.03 bits per heavy atom. The Morgan fingerprint density at radius 3 is 2.06 bits per heavy atom. The third-order valence-electron chi connectivity index (χ3n) is 6.32. The summed E-state index contributed by atoms with van der Waals surface area (Å²) >= 11 is 0. The van der Waals surface area contributed by atoms with E-state index >= 15 is 0 Å². The van der Waals surface area contributed by atoms with Gasteiger partial charge in [-0.2, -0.15) is 0 Å². The van der Waals surface area contributed by atoms with E-state index in [1.807, 2.05) is 58.3 Å². The summed E-state index contributed by atoms with van der Waals surface area (Å²) < 4.78 is 0. The van der Waals surface area contributed by atoms with Gasteiger partial charge in [0.2, 0.25) is 11.8 Å². The van der Waals surface area contributed by atoms with Crippen LogP contribution in [0.15, 0.2) is 42.5 Å². The first kappa shape index (κ1) is 25.6. The van der Waals surface area contributed by atoms with Crippen molar-refractivity contribution in [1.82, 2.24) is 10.2 Å². The molecule has 0 saturated carbocycles. The minimum absolute atomic E-state index is 0.0178. The first-order valence-electron chi connectivity index (χ1n) is 11.3. The lowest BCUT2D eigenvalue weighted by molar-refractivity contribution is -0.122. The molecular formula is C27H39N3O2. The summed E-state index contributed by atoms with van der Waals surface area (Å²) in [4.78, 5) is 26.6. The van der Waals surface area contributed by atoms with Gasteiger partial charge in [-0.05, 0) is 80.1 Å². The van der Waals surface area contributed by atoms with Gasteiger partial charge in [0.25, 0.3) is 0 Å². The Kier molecular flexibility index (Phi) is 8.62. The van der Waals surface area contributed by atoms with Crippen molar-refractivity contribution >= 4 is 11.8 Å². The van der Waals surface area contributed by atoms with E-state index in [9.17, 15) is 9.59 Å². The Hall–Kier alpha value is -2.66.